The van der Waals surface area contributed by atoms with Gasteiger partial charge in [-0.1, -0.05) is 30.4 Å². The summed E-state index contributed by atoms with van der Waals surface area (Å²) in [6, 6.07) is 8.47. The zero-order valence-corrected chi connectivity index (χ0v) is 7.84. The minimum Gasteiger partial charge on any atom is -0.246 e. The number of benzene rings is 1. The molecule has 0 saturated heterocycles. The maximum atomic E-state index is 2.22. The van der Waals surface area contributed by atoms with Crippen LogP contribution in [0.25, 0.3) is 6.08 Å². The Balaban J connectivity index is 2.41. The molecule has 0 aromatic heterocycles. The third-order valence-corrected chi connectivity index (χ3v) is 2.86. The zero-order valence-electron chi connectivity index (χ0n) is 7.03. The molecular weight excluding hydrogens is 166 g/mol. The molecule has 1 aliphatic rings. The molecule has 0 N–H and O–H groups in total. The van der Waals surface area contributed by atoms with Gasteiger partial charge in [-0.2, -0.15) is 0 Å². The number of likely N-dealkylation sites (N-methyl/N-ethyl adjacent to an activating group) is 1. The maximum Gasteiger partial charge on any atom is 0.0302 e. The van der Waals surface area contributed by atoms with Crippen molar-refractivity contribution in [3.63, 3.8) is 0 Å². The van der Waals surface area contributed by atoms with Gasteiger partial charge in [-0.15, -0.1) is 0 Å². The molecule has 1 nitrogen and oxygen atoms in total. The number of fused-ring (bicyclic) bond motifs is 1. The smallest absolute Gasteiger partial charge is 0.0302 e. The van der Waals surface area contributed by atoms with Crippen LogP contribution in [0, 0.1) is 0 Å². The van der Waals surface area contributed by atoms with Crippen molar-refractivity contribution in [2.24, 2.45) is 0 Å². The number of hydrogen-bond donors (Lipinski definition) is 0. The van der Waals surface area contributed by atoms with Crippen LogP contribution < -0.4 is 0 Å². The van der Waals surface area contributed by atoms with Gasteiger partial charge < -0.3 is 0 Å². The van der Waals surface area contributed by atoms with E-state index in [0.717, 1.165) is 6.54 Å². The lowest BCUT2D eigenvalue weighted by Gasteiger charge is -2.11. The first-order valence-corrected chi connectivity index (χ1v) is 4.78. The number of hydrogen-bond acceptors (Lipinski definition) is 2. The first kappa shape index (κ1) is 7.90. The quantitative estimate of drug-likeness (QED) is 0.560. The van der Waals surface area contributed by atoms with Crippen molar-refractivity contribution in [3.8, 4) is 0 Å². The molecule has 0 radical (unpaired) electrons. The number of rotatable bonds is 0. The van der Waals surface area contributed by atoms with E-state index in [1.165, 1.54) is 10.5 Å². The van der Waals surface area contributed by atoms with Crippen LogP contribution in [0.4, 0.5) is 0 Å². The van der Waals surface area contributed by atoms with Gasteiger partial charge in [-0.25, -0.2) is 4.31 Å². The molecule has 0 unspecified atom stereocenters. The lowest BCUT2D eigenvalue weighted by Crippen LogP contribution is -2.06. The highest BCUT2D eigenvalue weighted by molar-refractivity contribution is 7.97. The van der Waals surface area contributed by atoms with E-state index in [1.807, 2.05) is 0 Å². The summed E-state index contributed by atoms with van der Waals surface area (Å²) >= 11 is 1.80. The van der Waals surface area contributed by atoms with E-state index >= 15 is 0 Å². The fourth-order valence-corrected chi connectivity index (χ4v) is 2.11. The van der Waals surface area contributed by atoms with E-state index in [0.29, 0.717) is 0 Å². The lowest BCUT2D eigenvalue weighted by atomic mass is 10.2. The monoisotopic (exact) mass is 177 g/mol. The van der Waals surface area contributed by atoms with Crippen LogP contribution in [-0.4, -0.2) is 17.9 Å². The van der Waals surface area contributed by atoms with Gasteiger partial charge in [-0.3, -0.25) is 0 Å². The Bertz CT molecular complexity index is 306. The standard InChI is InChI=1S/C10H11NS/c1-11-8-4-6-9-5-2-3-7-10(9)12-11/h2-7H,8H2,1H3. The Morgan fingerprint density at radius 1 is 1.33 bits per heavy atom. The van der Waals surface area contributed by atoms with Crippen LogP contribution in [0.3, 0.4) is 0 Å². The van der Waals surface area contributed by atoms with Gasteiger partial charge in [0, 0.05) is 11.4 Å². The van der Waals surface area contributed by atoms with Crippen molar-refractivity contribution in [2.45, 2.75) is 4.90 Å². The van der Waals surface area contributed by atoms with Gasteiger partial charge in [0.05, 0.1) is 0 Å². The molecule has 1 heterocycles. The van der Waals surface area contributed by atoms with Crippen molar-refractivity contribution < 1.29 is 0 Å². The normalized spacial score (nSPS) is 17.1. The molecule has 0 saturated carbocycles. The number of nitrogens with zero attached hydrogens (tertiary/aromatic N) is 1. The highest BCUT2D eigenvalue weighted by Crippen LogP contribution is 2.27. The zero-order chi connectivity index (χ0) is 8.39. The lowest BCUT2D eigenvalue weighted by molar-refractivity contribution is 0.638. The second-order valence-corrected chi connectivity index (χ2v) is 4.09. The van der Waals surface area contributed by atoms with Crippen molar-refractivity contribution in [1.29, 1.82) is 0 Å². The van der Waals surface area contributed by atoms with Crippen LogP contribution in [0.15, 0.2) is 35.2 Å². The minimum atomic E-state index is 1.01. The molecule has 0 amide bonds. The summed E-state index contributed by atoms with van der Waals surface area (Å²) in [5, 5.41) is 0. The average molecular weight is 177 g/mol. The Morgan fingerprint density at radius 3 is 3.08 bits per heavy atom. The molecule has 0 aliphatic carbocycles. The van der Waals surface area contributed by atoms with Crippen LogP contribution in [0.2, 0.25) is 0 Å². The predicted octanol–water partition coefficient (Wildman–Crippen LogP) is 2.65. The molecular formula is C10H11NS. The summed E-state index contributed by atoms with van der Waals surface area (Å²) in [6.07, 6.45) is 4.38. The third-order valence-electron chi connectivity index (χ3n) is 1.83. The summed E-state index contributed by atoms with van der Waals surface area (Å²) in [4.78, 5) is 1.34. The fourth-order valence-electron chi connectivity index (χ4n) is 1.23. The molecule has 62 valence electrons. The summed E-state index contributed by atoms with van der Waals surface area (Å²) in [5.74, 6) is 0. The summed E-state index contributed by atoms with van der Waals surface area (Å²) in [7, 11) is 2.11. The van der Waals surface area contributed by atoms with E-state index in [4.69, 9.17) is 0 Å². The largest absolute Gasteiger partial charge is 0.246 e. The maximum absolute atomic E-state index is 2.22. The summed E-state index contributed by atoms with van der Waals surface area (Å²) in [6.45, 7) is 1.01. The molecule has 0 fully saturated rings. The van der Waals surface area contributed by atoms with E-state index in [2.05, 4.69) is 47.8 Å². The highest BCUT2D eigenvalue weighted by atomic mass is 32.2. The van der Waals surface area contributed by atoms with Crippen molar-refractivity contribution in [3.05, 3.63) is 35.9 Å². The average Bonchev–Trinajstić information content (AvgIpc) is 2.25. The third kappa shape index (κ3) is 1.54. The van der Waals surface area contributed by atoms with Gasteiger partial charge in [0.15, 0.2) is 0 Å². The first-order chi connectivity index (χ1) is 5.86. The van der Waals surface area contributed by atoms with Crippen LogP contribution in [0.5, 0.6) is 0 Å². The van der Waals surface area contributed by atoms with Gasteiger partial charge in [0.25, 0.3) is 0 Å². The van der Waals surface area contributed by atoms with E-state index in [9.17, 15) is 0 Å². The second kappa shape index (κ2) is 3.33. The summed E-state index contributed by atoms with van der Waals surface area (Å²) in [5.41, 5.74) is 1.33. The van der Waals surface area contributed by atoms with Crippen molar-refractivity contribution in [1.82, 2.24) is 4.31 Å². The van der Waals surface area contributed by atoms with Gasteiger partial charge in [-0.05, 0) is 30.6 Å². The van der Waals surface area contributed by atoms with Crippen LogP contribution in [-0.2, 0) is 0 Å². The Kier molecular flexibility index (Phi) is 2.19. The van der Waals surface area contributed by atoms with Gasteiger partial charge >= 0.3 is 0 Å². The van der Waals surface area contributed by atoms with Crippen LogP contribution >= 0.6 is 11.9 Å². The molecule has 1 aromatic rings. The molecule has 2 rings (SSSR count). The van der Waals surface area contributed by atoms with Gasteiger partial charge in [0.2, 0.25) is 0 Å². The fraction of sp³-hybridized carbons (Fsp3) is 0.200. The van der Waals surface area contributed by atoms with Crippen molar-refractivity contribution in [2.75, 3.05) is 13.6 Å². The second-order valence-electron chi connectivity index (χ2n) is 2.84. The van der Waals surface area contributed by atoms with Crippen molar-refractivity contribution >= 4 is 18.0 Å². The van der Waals surface area contributed by atoms with E-state index in [-0.39, 0.29) is 0 Å². The molecule has 1 aromatic carbocycles. The van der Waals surface area contributed by atoms with Crippen LogP contribution in [0.1, 0.15) is 5.56 Å². The minimum absolute atomic E-state index is 1.01. The SMILES string of the molecule is CN1CC=Cc2ccccc2S1. The Hall–Kier alpha value is -0.730. The molecule has 0 bridgehead atoms. The highest BCUT2D eigenvalue weighted by Gasteiger charge is 2.06. The van der Waals surface area contributed by atoms with Gasteiger partial charge in [0.1, 0.15) is 0 Å². The molecule has 1 aliphatic heterocycles. The topological polar surface area (TPSA) is 3.24 Å². The van der Waals surface area contributed by atoms with E-state index < -0.39 is 0 Å². The van der Waals surface area contributed by atoms with E-state index in [1.54, 1.807) is 11.9 Å². The molecule has 12 heavy (non-hydrogen) atoms. The first-order valence-electron chi connectivity index (χ1n) is 4.01. The summed E-state index contributed by atoms with van der Waals surface area (Å²) < 4.78 is 2.22. The molecule has 2 heteroatoms. The predicted molar refractivity (Wildman–Crippen MR) is 54.0 cm³/mol. The Morgan fingerprint density at radius 2 is 2.17 bits per heavy atom. The molecule has 0 spiro atoms. The molecule has 0 atom stereocenters. The Labute approximate surface area is 77.2 Å².